The highest BCUT2D eigenvalue weighted by Gasteiger charge is 1.95. The van der Waals surface area contributed by atoms with E-state index in [1.807, 2.05) is 36.4 Å². The summed E-state index contributed by atoms with van der Waals surface area (Å²) in [7, 11) is 0. The van der Waals surface area contributed by atoms with Crippen molar-refractivity contribution >= 4 is 27.3 Å². The first kappa shape index (κ1) is 11.0. The minimum Gasteiger partial charge on any atom is -0.397 e. The summed E-state index contributed by atoms with van der Waals surface area (Å²) >= 11 is 3.43. The topological polar surface area (TPSA) is 50.9 Å². The van der Waals surface area contributed by atoms with E-state index in [4.69, 9.17) is 5.73 Å². The van der Waals surface area contributed by atoms with Crippen LogP contribution in [0.25, 0.3) is 0 Å². The summed E-state index contributed by atoms with van der Waals surface area (Å²) in [6, 6.07) is 11.8. The molecule has 1 aromatic heterocycles. The van der Waals surface area contributed by atoms with E-state index >= 15 is 0 Å². The molecule has 16 heavy (non-hydrogen) atoms. The van der Waals surface area contributed by atoms with Crippen molar-refractivity contribution in [2.45, 2.75) is 6.54 Å². The average Bonchev–Trinajstić information content (AvgIpc) is 2.28. The van der Waals surface area contributed by atoms with Crippen molar-refractivity contribution in [1.82, 2.24) is 4.98 Å². The molecule has 82 valence electrons. The van der Waals surface area contributed by atoms with Crippen LogP contribution >= 0.6 is 15.9 Å². The van der Waals surface area contributed by atoms with Crippen LogP contribution in [0.1, 0.15) is 5.69 Å². The van der Waals surface area contributed by atoms with Crippen molar-refractivity contribution in [1.29, 1.82) is 0 Å². The molecule has 0 atom stereocenters. The van der Waals surface area contributed by atoms with Crippen molar-refractivity contribution in [3.8, 4) is 0 Å². The van der Waals surface area contributed by atoms with E-state index in [2.05, 4.69) is 26.2 Å². The molecule has 0 aliphatic carbocycles. The number of anilines is 2. The molecule has 4 heteroatoms. The van der Waals surface area contributed by atoms with Gasteiger partial charge in [-0.15, -0.1) is 0 Å². The minimum atomic E-state index is 0.686. The normalized spacial score (nSPS) is 10.1. The van der Waals surface area contributed by atoms with Gasteiger partial charge in [0.1, 0.15) is 0 Å². The van der Waals surface area contributed by atoms with E-state index in [-0.39, 0.29) is 0 Å². The molecule has 0 bridgehead atoms. The van der Waals surface area contributed by atoms with E-state index in [1.54, 1.807) is 6.20 Å². The second kappa shape index (κ2) is 4.99. The molecule has 3 N–H and O–H groups in total. The third-order valence-corrected chi connectivity index (χ3v) is 2.64. The van der Waals surface area contributed by atoms with Crippen LogP contribution in [0.5, 0.6) is 0 Å². The first-order valence-corrected chi connectivity index (χ1v) is 5.73. The van der Waals surface area contributed by atoms with Gasteiger partial charge in [0.05, 0.1) is 24.1 Å². The predicted octanol–water partition coefficient (Wildman–Crippen LogP) is 3.04. The molecule has 0 aliphatic heterocycles. The Morgan fingerprint density at radius 1 is 1.25 bits per heavy atom. The van der Waals surface area contributed by atoms with E-state index in [9.17, 15) is 0 Å². The Bertz CT molecular complexity index is 468. The number of hydrogen-bond donors (Lipinski definition) is 2. The fourth-order valence-electron chi connectivity index (χ4n) is 1.33. The van der Waals surface area contributed by atoms with Gasteiger partial charge >= 0.3 is 0 Å². The number of rotatable bonds is 3. The molecule has 0 saturated heterocycles. The van der Waals surface area contributed by atoms with E-state index in [0.29, 0.717) is 12.2 Å². The van der Waals surface area contributed by atoms with Gasteiger partial charge in [-0.05, 0) is 30.3 Å². The quantitative estimate of drug-likeness (QED) is 0.907. The van der Waals surface area contributed by atoms with Crippen molar-refractivity contribution < 1.29 is 0 Å². The number of nitrogens with zero attached hydrogens (tertiary/aromatic N) is 1. The van der Waals surface area contributed by atoms with Gasteiger partial charge in [0.15, 0.2) is 0 Å². The zero-order chi connectivity index (χ0) is 11.4. The first-order chi connectivity index (χ1) is 7.74. The Kier molecular flexibility index (Phi) is 3.41. The molecule has 0 aliphatic rings. The number of nitrogen functional groups attached to an aromatic ring is 1. The Hall–Kier alpha value is -1.55. The van der Waals surface area contributed by atoms with Gasteiger partial charge in [-0.2, -0.15) is 0 Å². The first-order valence-electron chi connectivity index (χ1n) is 4.94. The van der Waals surface area contributed by atoms with Gasteiger partial charge in [0, 0.05) is 10.2 Å². The molecule has 3 nitrogen and oxygen atoms in total. The van der Waals surface area contributed by atoms with Crippen LogP contribution < -0.4 is 11.1 Å². The van der Waals surface area contributed by atoms with Crippen LogP contribution in [-0.2, 0) is 6.54 Å². The summed E-state index contributed by atoms with van der Waals surface area (Å²) in [6.07, 6.45) is 1.66. The lowest BCUT2D eigenvalue weighted by molar-refractivity contribution is 1.05. The molecule has 0 saturated carbocycles. The number of halogens is 1. The van der Waals surface area contributed by atoms with Gasteiger partial charge < -0.3 is 11.1 Å². The van der Waals surface area contributed by atoms with E-state index in [1.165, 1.54) is 0 Å². The summed E-state index contributed by atoms with van der Waals surface area (Å²) in [5.41, 5.74) is 8.28. The maximum Gasteiger partial charge on any atom is 0.0596 e. The maximum absolute atomic E-state index is 5.56. The SMILES string of the molecule is Nc1ccc(CNc2cccc(Br)c2)nc1. The monoisotopic (exact) mass is 277 g/mol. The molecule has 0 fully saturated rings. The third kappa shape index (κ3) is 2.97. The Labute approximate surface area is 103 Å². The van der Waals surface area contributed by atoms with E-state index < -0.39 is 0 Å². The largest absolute Gasteiger partial charge is 0.397 e. The third-order valence-electron chi connectivity index (χ3n) is 2.15. The molecule has 1 heterocycles. The van der Waals surface area contributed by atoms with Crippen LogP contribution in [0.15, 0.2) is 47.1 Å². The summed E-state index contributed by atoms with van der Waals surface area (Å²) in [5.74, 6) is 0. The highest BCUT2D eigenvalue weighted by Crippen LogP contribution is 2.16. The van der Waals surface area contributed by atoms with Crippen LogP contribution in [0.3, 0.4) is 0 Å². The predicted molar refractivity (Wildman–Crippen MR) is 70.1 cm³/mol. The minimum absolute atomic E-state index is 0.686. The summed E-state index contributed by atoms with van der Waals surface area (Å²) in [6.45, 7) is 0.691. The van der Waals surface area contributed by atoms with Gasteiger partial charge in [-0.3, -0.25) is 4.98 Å². The number of pyridine rings is 1. The molecule has 0 amide bonds. The van der Waals surface area contributed by atoms with Crippen LogP contribution in [0.2, 0.25) is 0 Å². The van der Waals surface area contributed by atoms with Gasteiger partial charge in [-0.25, -0.2) is 0 Å². The molecule has 0 unspecified atom stereocenters. The zero-order valence-electron chi connectivity index (χ0n) is 8.65. The van der Waals surface area contributed by atoms with Crippen LogP contribution in [0, 0.1) is 0 Å². The van der Waals surface area contributed by atoms with Crippen molar-refractivity contribution in [2.75, 3.05) is 11.1 Å². The van der Waals surface area contributed by atoms with Crippen molar-refractivity contribution in [3.05, 3.63) is 52.8 Å². The molecule has 0 spiro atoms. The number of hydrogen-bond acceptors (Lipinski definition) is 3. The second-order valence-corrected chi connectivity index (χ2v) is 4.36. The van der Waals surface area contributed by atoms with Crippen molar-refractivity contribution in [3.63, 3.8) is 0 Å². The molecule has 0 radical (unpaired) electrons. The Balaban J connectivity index is 1.99. The fraction of sp³-hybridized carbons (Fsp3) is 0.0833. The number of nitrogens with one attached hydrogen (secondary N) is 1. The maximum atomic E-state index is 5.56. The second-order valence-electron chi connectivity index (χ2n) is 3.45. The fourth-order valence-corrected chi connectivity index (χ4v) is 1.73. The Morgan fingerprint density at radius 2 is 2.12 bits per heavy atom. The number of benzene rings is 1. The van der Waals surface area contributed by atoms with E-state index in [0.717, 1.165) is 15.9 Å². The van der Waals surface area contributed by atoms with Crippen LogP contribution in [-0.4, -0.2) is 4.98 Å². The smallest absolute Gasteiger partial charge is 0.0596 e. The summed E-state index contributed by atoms with van der Waals surface area (Å²) in [4.78, 5) is 4.22. The highest BCUT2D eigenvalue weighted by molar-refractivity contribution is 9.10. The highest BCUT2D eigenvalue weighted by atomic mass is 79.9. The molecule has 2 rings (SSSR count). The Morgan fingerprint density at radius 3 is 2.81 bits per heavy atom. The molecule has 2 aromatic rings. The summed E-state index contributed by atoms with van der Waals surface area (Å²) in [5, 5.41) is 3.29. The van der Waals surface area contributed by atoms with Crippen molar-refractivity contribution in [2.24, 2.45) is 0 Å². The lowest BCUT2D eigenvalue weighted by atomic mass is 10.3. The molecular formula is C12H12BrN3. The summed E-state index contributed by atoms with van der Waals surface area (Å²) < 4.78 is 1.06. The molecular weight excluding hydrogens is 266 g/mol. The standard InChI is InChI=1S/C12H12BrN3/c13-9-2-1-3-11(6-9)16-8-12-5-4-10(14)7-15-12/h1-7,16H,8,14H2. The average molecular weight is 278 g/mol. The lowest BCUT2D eigenvalue weighted by Gasteiger charge is -2.06. The van der Waals surface area contributed by atoms with Gasteiger partial charge in [-0.1, -0.05) is 22.0 Å². The number of nitrogens with two attached hydrogens (primary N) is 1. The van der Waals surface area contributed by atoms with Crippen LogP contribution in [0.4, 0.5) is 11.4 Å². The molecule has 1 aromatic carbocycles. The zero-order valence-corrected chi connectivity index (χ0v) is 10.2. The van der Waals surface area contributed by atoms with Gasteiger partial charge in [0.25, 0.3) is 0 Å². The lowest BCUT2D eigenvalue weighted by Crippen LogP contribution is -2.01. The van der Waals surface area contributed by atoms with Gasteiger partial charge in [0.2, 0.25) is 0 Å². The number of aromatic nitrogens is 1.